The normalized spacial score (nSPS) is 15.4. The summed E-state index contributed by atoms with van der Waals surface area (Å²) in [6.07, 6.45) is 0. The quantitative estimate of drug-likeness (QED) is 0.694. The minimum Gasteiger partial charge on any atom is -0.508 e. The molecule has 0 amide bonds. The van der Waals surface area contributed by atoms with E-state index in [2.05, 4.69) is 17.0 Å². The number of nitrogens with zero attached hydrogens (tertiary/aromatic N) is 2. The molecule has 1 fully saturated rings. The van der Waals surface area contributed by atoms with Crippen molar-refractivity contribution in [2.45, 2.75) is 13.5 Å². The van der Waals surface area contributed by atoms with Crippen LogP contribution in [0.25, 0.3) is 11.0 Å². The van der Waals surface area contributed by atoms with Gasteiger partial charge >= 0.3 is 5.63 Å². The van der Waals surface area contributed by atoms with Crippen LogP contribution in [-0.2, 0) is 6.54 Å². The third-order valence-corrected chi connectivity index (χ3v) is 5.13. The van der Waals surface area contributed by atoms with Crippen LogP contribution in [0.3, 0.4) is 0 Å². The molecule has 0 aliphatic carbocycles. The van der Waals surface area contributed by atoms with Gasteiger partial charge in [-0.2, -0.15) is 0 Å². The van der Waals surface area contributed by atoms with Crippen molar-refractivity contribution < 1.29 is 14.6 Å². The molecule has 1 aliphatic heterocycles. The zero-order chi connectivity index (χ0) is 19.0. The van der Waals surface area contributed by atoms with Crippen molar-refractivity contribution in [1.29, 1.82) is 0 Å². The molecular formula is C21H22N2O4. The standard InChI is InChI=1S/C21H22N2O4/c1-14-19-17(25)11-16(24)12-18(19)27-21(26)20(14)23-9-7-22(8-10-23)13-15-5-3-2-4-6-15/h2-6,11-12,24-25H,7-10,13H2,1H3. The molecular weight excluding hydrogens is 344 g/mol. The van der Waals surface area contributed by atoms with Crippen LogP contribution < -0.4 is 10.5 Å². The van der Waals surface area contributed by atoms with Crippen LogP contribution in [0.15, 0.2) is 51.7 Å². The summed E-state index contributed by atoms with van der Waals surface area (Å²) in [5, 5.41) is 20.3. The second kappa shape index (κ2) is 6.96. The van der Waals surface area contributed by atoms with E-state index < -0.39 is 5.63 Å². The maximum atomic E-state index is 12.6. The lowest BCUT2D eigenvalue weighted by Gasteiger charge is -2.36. The number of phenols is 2. The van der Waals surface area contributed by atoms with Crippen LogP contribution in [0, 0.1) is 6.92 Å². The van der Waals surface area contributed by atoms with Crippen molar-refractivity contribution in [1.82, 2.24) is 4.90 Å². The van der Waals surface area contributed by atoms with Gasteiger partial charge in [0.2, 0.25) is 0 Å². The highest BCUT2D eigenvalue weighted by Crippen LogP contribution is 2.35. The van der Waals surface area contributed by atoms with Gasteiger partial charge in [0, 0.05) is 44.9 Å². The third-order valence-electron chi connectivity index (χ3n) is 5.13. The second-order valence-electron chi connectivity index (χ2n) is 6.95. The Morgan fingerprint density at radius 2 is 1.74 bits per heavy atom. The highest BCUT2D eigenvalue weighted by Gasteiger charge is 2.24. The van der Waals surface area contributed by atoms with Crippen LogP contribution >= 0.6 is 0 Å². The van der Waals surface area contributed by atoms with Crippen LogP contribution in [-0.4, -0.2) is 41.3 Å². The van der Waals surface area contributed by atoms with Gasteiger partial charge in [0.1, 0.15) is 22.8 Å². The second-order valence-corrected chi connectivity index (χ2v) is 6.95. The van der Waals surface area contributed by atoms with Crippen molar-refractivity contribution in [3.8, 4) is 11.5 Å². The van der Waals surface area contributed by atoms with E-state index in [-0.39, 0.29) is 17.1 Å². The van der Waals surface area contributed by atoms with Crippen molar-refractivity contribution in [3.63, 3.8) is 0 Å². The maximum Gasteiger partial charge on any atom is 0.360 e. The van der Waals surface area contributed by atoms with E-state index in [1.54, 1.807) is 0 Å². The molecule has 0 bridgehead atoms. The molecule has 1 saturated heterocycles. The molecule has 2 N–H and O–H groups in total. The SMILES string of the molecule is Cc1c(N2CCN(Cc3ccccc3)CC2)c(=O)oc2cc(O)cc(O)c12. The van der Waals surface area contributed by atoms with Gasteiger partial charge in [-0.3, -0.25) is 4.90 Å². The number of phenolic OH excluding ortho intramolecular Hbond substituents is 2. The summed E-state index contributed by atoms with van der Waals surface area (Å²) < 4.78 is 5.38. The van der Waals surface area contributed by atoms with Gasteiger partial charge in [-0.15, -0.1) is 0 Å². The fourth-order valence-electron chi connectivity index (χ4n) is 3.80. The summed E-state index contributed by atoms with van der Waals surface area (Å²) in [5.41, 5.74) is 2.19. The zero-order valence-corrected chi connectivity index (χ0v) is 15.2. The maximum absolute atomic E-state index is 12.6. The summed E-state index contributed by atoms with van der Waals surface area (Å²) in [7, 11) is 0. The monoisotopic (exact) mass is 366 g/mol. The molecule has 6 nitrogen and oxygen atoms in total. The van der Waals surface area contributed by atoms with Gasteiger partial charge in [-0.05, 0) is 18.1 Å². The van der Waals surface area contributed by atoms with E-state index >= 15 is 0 Å². The van der Waals surface area contributed by atoms with Gasteiger partial charge in [0.25, 0.3) is 0 Å². The highest BCUT2D eigenvalue weighted by molar-refractivity contribution is 5.91. The Balaban J connectivity index is 1.58. The van der Waals surface area contributed by atoms with Gasteiger partial charge in [-0.25, -0.2) is 4.79 Å². The molecule has 3 aromatic rings. The fourth-order valence-corrected chi connectivity index (χ4v) is 3.80. The van der Waals surface area contributed by atoms with E-state index in [1.807, 2.05) is 30.0 Å². The van der Waals surface area contributed by atoms with Crippen molar-refractivity contribution in [3.05, 3.63) is 64.0 Å². The minimum absolute atomic E-state index is 0.0878. The molecule has 1 aromatic heterocycles. The zero-order valence-electron chi connectivity index (χ0n) is 15.2. The Morgan fingerprint density at radius 1 is 1.04 bits per heavy atom. The molecule has 0 atom stereocenters. The summed E-state index contributed by atoms with van der Waals surface area (Å²) in [5.74, 6) is -0.222. The first-order valence-electron chi connectivity index (χ1n) is 9.03. The van der Waals surface area contributed by atoms with Gasteiger partial charge < -0.3 is 19.5 Å². The number of hydrogen-bond donors (Lipinski definition) is 2. The average molecular weight is 366 g/mol. The molecule has 27 heavy (non-hydrogen) atoms. The number of aryl methyl sites for hydroxylation is 1. The van der Waals surface area contributed by atoms with Crippen molar-refractivity contribution in [2.24, 2.45) is 0 Å². The van der Waals surface area contributed by atoms with E-state index in [0.29, 0.717) is 29.7 Å². The van der Waals surface area contributed by atoms with Crippen LogP contribution in [0.5, 0.6) is 11.5 Å². The Hall–Kier alpha value is -2.99. The van der Waals surface area contributed by atoms with Crippen LogP contribution in [0.2, 0.25) is 0 Å². The minimum atomic E-state index is -0.443. The summed E-state index contributed by atoms with van der Waals surface area (Å²) in [6, 6.07) is 12.9. The summed E-state index contributed by atoms with van der Waals surface area (Å²) >= 11 is 0. The number of hydrogen-bond acceptors (Lipinski definition) is 6. The van der Waals surface area contributed by atoms with Gasteiger partial charge in [-0.1, -0.05) is 30.3 Å². The Labute approximate surface area is 156 Å². The molecule has 0 unspecified atom stereocenters. The first kappa shape index (κ1) is 17.4. The largest absolute Gasteiger partial charge is 0.508 e. The lowest BCUT2D eigenvalue weighted by atomic mass is 10.1. The van der Waals surface area contributed by atoms with E-state index in [1.165, 1.54) is 17.7 Å². The molecule has 2 aromatic carbocycles. The predicted octanol–water partition coefficient (Wildman–Crippen LogP) is 2.83. The number of fused-ring (bicyclic) bond motifs is 1. The Kier molecular flexibility index (Phi) is 4.49. The van der Waals surface area contributed by atoms with E-state index in [4.69, 9.17) is 4.42 Å². The first-order chi connectivity index (χ1) is 13.0. The number of anilines is 1. The highest BCUT2D eigenvalue weighted by atomic mass is 16.4. The number of aromatic hydroxyl groups is 2. The van der Waals surface area contributed by atoms with Gasteiger partial charge in [0.15, 0.2) is 0 Å². The first-order valence-corrected chi connectivity index (χ1v) is 9.03. The number of rotatable bonds is 3. The lowest BCUT2D eigenvalue weighted by molar-refractivity contribution is 0.249. The smallest absolute Gasteiger partial charge is 0.360 e. The van der Waals surface area contributed by atoms with Crippen molar-refractivity contribution in [2.75, 3.05) is 31.1 Å². The molecule has 4 rings (SSSR count). The molecule has 2 heterocycles. The molecule has 1 aliphatic rings. The molecule has 140 valence electrons. The number of piperazine rings is 1. The van der Waals surface area contributed by atoms with Crippen LogP contribution in [0.4, 0.5) is 5.69 Å². The molecule has 0 radical (unpaired) electrons. The van der Waals surface area contributed by atoms with Crippen LogP contribution in [0.1, 0.15) is 11.1 Å². The van der Waals surface area contributed by atoms with E-state index in [9.17, 15) is 15.0 Å². The molecule has 0 saturated carbocycles. The fraction of sp³-hybridized carbons (Fsp3) is 0.286. The van der Waals surface area contributed by atoms with E-state index in [0.717, 1.165) is 19.6 Å². The molecule has 0 spiro atoms. The summed E-state index contributed by atoms with van der Waals surface area (Å²) in [6.45, 7) is 5.80. The topological polar surface area (TPSA) is 77.2 Å². The lowest BCUT2D eigenvalue weighted by Crippen LogP contribution is -2.47. The Morgan fingerprint density at radius 3 is 2.44 bits per heavy atom. The third kappa shape index (κ3) is 3.36. The number of benzene rings is 2. The predicted molar refractivity (Wildman–Crippen MR) is 104 cm³/mol. The summed E-state index contributed by atoms with van der Waals surface area (Å²) in [4.78, 5) is 16.9. The van der Waals surface area contributed by atoms with Crippen molar-refractivity contribution >= 4 is 16.7 Å². The average Bonchev–Trinajstić information content (AvgIpc) is 2.63. The molecule has 6 heteroatoms. The van der Waals surface area contributed by atoms with Gasteiger partial charge in [0.05, 0.1) is 5.39 Å². The Bertz CT molecular complexity index is 1020.